The van der Waals surface area contributed by atoms with E-state index in [0.29, 0.717) is 21.7 Å². The summed E-state index contributed by atoms with van der Waals surface area (Å²) in [5.74, 6) is 0.0491. The summed E-state index contributed by atoms with van der Waals surface area (Å²) in [5.41, 5.74) is 2.45. The molecule has 0 aliphatic carbocycles. The van der Waals surface area contributed by atoms with Gasteiger partial charge in [-0.15, -0.1) is 0 Å². The van der Waals surface area contributed by atoms with Gasteiger partial charge >= 0.3 is 0 Å². The molecule has 3 N–H and O–H groups in total. The number of halogens is 2. The molecule has 2 aromatic carbocycles. The lowest BCUT2D eigenvalue weighted by Gasteiger charge is -2.10. The lowest BCUT2D eigenvalue weighted by Crippen LogP contribution is -2.06. The molecular formula is C15H14BrClN2O2. The van der Waals surface area contributed by atoms with Gasteiger partial charge in [0.15, 0.2) is 0 Å². The topological polar surface area (TPSA) is 61.4 Å². The number of hydrogen-bond donors (Lipinski definition) is 3. The number of carbonyl (C=O) groups excluding carboxylic acids is 1. The Morgan fingerprint density at radius 1 is 1.29 bits per heavy atom. The van der Waals surface area contributed by atoms with Gasteiger partial charge in [-0.05, 0) is 51.8 Å². The molecule has 1 amide bonds. The fourth-order valence-corrected chi connectivity index (χ4v) is 2.43. The number of anilines is 2. The molecule has 2 rings (SSSR count). The van der Waals surface area contributed by atoms with Crippen LogP contribution in [0, 0.1) is 0 Å². The molecule has 0 saturated heterocycles. The molecule has 0 aromatic heterocycles. The number of carbonyl (C=O) groups is 1. The number of aromatic hydroxyl groups is 1. The molecule has 4 nitrogen and oxygen atoms in total. The van der Waals surface area contributed by atoms with Crippen molar-refractivity contribution < 1.29 is 9.90 Å². The molecule has 0 bridgehead atoms. The van der Waals surface area contributed by atoms with Gasteiger partial charge in [0.1, 0.15) is 5.75 Å². The van der Waals surface area contributed by atoms with Gasteiger partial charge in [-0.25, -0.2) is 0 Å². The van der Waals surface area contributed by atoms with Crippen LogP contribution in [0.3, 0.4) is 0 Å². The highest BCUT2D eigenvalue weighted by Gasteiger charge is 2.04. The van der Waals surface area contributed by atoms with E-state index >= 15 is 0 Å². The highest BCUT2D eigenvalue weighted by Crippen LogP contribution is 2.27. The van der Waals surface area contributed by atoms with E-state index < -0.39 is 0 Å². The zero-order valence-electron chi connectivity index (χ0n) is 11.3. The third-order valence-corrected chi connectivity index (χ3v) is 3.74. The van der Waals surface area contributed by atoms with Gasteiger partial charge < -0.3 is 15.7 Å². The molecule has 110 valence electrons. The van der Waals surface area contributed by atoms with E-state index in [1.807, 2.05) is 18.2 Å². The minimum atomic E-state index is -0.161. The first-order chi connectivity index (χ1) is 9.95. The molecule has 21 heavy (non-hydrogen) atoms. The van der Waals surface area contributed by atoms with Gasteiger partial charge in [-0.2, -0.15) is 0 Å². The average Bonchev–Trinajstić information content (AvgIpc) is 2.42. The molecule has 2 aromatic rings. The van der Waals surface area contributed by atoms with Crippen LogP contribution in [0.5, 0.6) is 5.75 Å². The summed E-state index contributed by atoms with van der Waals surface area (Å²) in [4.78, 5) is 11.0. The molecule has 0 saturated carbocycles. The Kier molecular flexibility index (Phi) is 5.09. The third-order valence-electron chi connectivity index (χ3n) is 2.79. The number of benzene rings is 2. The highest BCUT2D eigenvalue weighted by molar-refractivity contribution is 9.10. The monoisotopic (exact) mass is 368 g/mol. The number of rotatable bonds is 4. The van der Waals surface area contributed by atoms with E-state index in [9.17, 15) is 9.90 Å². The maximum atomic E-state index is 11.0. The summed E-state index contributed by atoms with van der Waals surface area (Å²) >= 11 is 9.38. The highest BCUT2D eigenvalue weighted by atomic mass is 79.9. The van der Waals surface area contributed by atoms with E-state index in [1.165, 1.54) is 6.92 Å². The van der Waals surface area contributed by atoms with Gasteiger partial charge in [0.2, 0.25) is 5.91 Å². The molecular weight excluding hydrogens is 356 g/mol. The molecule has 6 heteroatoms. The number of amides is 1. The fourth-order valence-electron chi connectivity index (χ4n) is 1.78. The van der Waals surface area contributed by atoms with Crippen molar-refractivity contribution in [3.63, 3.8) is 0 Å². The molecule has 0 heterocycles. The number of nitrogens with one attached hydrogen (secondary N) is 2. The number of phenolic OH excluding ortho intramolecular Hbond substituents is 1. The summed E-state index contributed by atoms with van der Waals surface area (Å²) in [6.45, 7) is 2.03. The van der Waals surface area contributed by atoms with Crippen molar-refractivity contribution in [1.29, 1.82) is 0 Å². The second-order valence-electron chi connectivity index (χ2n) is 4.52. The maximum Gasteiger partial charge on any atom is 0.221 e. The third kappa shape index (κ3) is 4.37. The summed E-state index contributed by atoms with van der Waals surface area (Å²) in [6, 6.07) is 10.7. The molecule has 0 spiro atoms. The summed E-state index contributed by atoms with van der Waals surface area (Å²) in [7, 11) is 0. The molecule has 0 aliphatic heterocycles. The summed E-state index contributed by atoms with van der Waals surface area (Å²) < 4.78 is 0.654. The van der Waals surface area contributed by atoms with E-state index in [1.54, 1.807) is 18.2 Å². The predicted octanol–water partition coefficient (Wildman–Crippen LogP) is 4.38. The van der Waals surface area contributed by atoms with Gasteiger partial charge in [0, 0.05) is 19.2 Å². The Labute approximate surface area is 136 Å². The molecule has 0 aliphatic rings. The predicted molar refractivity (Wildman–Crippen MR) is 88.9 cm³/mol. The van der Waals surface area contributed by atoms with Gasteiger partial charge in [-0.1, -0.05) is 17.7 Å². The summed E-state index contributed by atoms with van der Waals surface area (Å²) in [6.07, 6.45) is 0. The minimum absolute atomic E-state index is 0.161. The van der Waals surface area contributed by atoms with E-state index in [4.69, 9.17) is 11.6 Å². The molecule has 0 radical (unpaired) electrons. The first-order valence-electron chi connectivity index (χ1n) is 6.24. The van der Waals surface area contributed by atoms with Crippen molar-refractivity contribution in [3.05, 3.63) is 51.5 Å². The largest absolute Gasteiger partial charge is 0.507 e. The second-order valence-corrected chi connectivity index (χ2v) is 5.78. The summed E-state index contributed by atoms with van der Waals surface area (Å²) in [5, 5.41) is 15.8. The zero-order chi connectivity index (χ0) is 15.4. The quantitative estimate of drug-likeness (QED) is 0.749. The zero-order valence-corrected chi connectivity index (χ0v) is 13.6. The minimum Gasteiger partial charge on any atom is -0.507 e. The second kappa shape index (κ2) is 6.83. The van der Waals surface area contributed by atoms with Crippen molar-refractivity contribution in [2.75, 3.05) is 10.6 Å². The standard InChI is InChI=1S/C15H14BrClN2O2/c1-9(20)19-14-4-3-11(7-13(14)17)18-8-10-2-5-15(21)12(16)6-10/h2-7,18,21H,8H2,1H3,(H,19,20). The van der Waals surface area contributed by atoms with Crippen LogP contribution in [0.2, 0.25) is 5.02 Å². The molecule has 0 fully saturated rings. The fraction of sp³-hybridized carbons (Fsp3) is 0.133. The van der Waals surface area contributed by atoms with Gasteiger partial charge in [-0.3, -0.25) is 4.79 Å². The van der Waals surface area contributed by atoms with Crippen LogP contribution in [-0.4, -0.2) is 11.0 Å². The van der Waals surface area contributed by atoms with Crippen LogP contribution in [0.25, 0.3) is 0 Å². The van der Waals surface area contributed by atoms with Crippen molar-refractivity contribution in [1.82, 2.24) is 0 Å². The Hall–Kier alpha value is -1.72. The first kappa shape index (κ1) is 15.7. The van der Waals surface area contributed by atoms with Crippen molar-refractivity contribution in [2.45, 2.75) is 13.5 Å². The van der Waals surface area contributed by atoms with Crippen LogP contribution in [0.1, 0.15) is 12.5 Å². The lowest BCUT2D eigenvalue weighted by molar-refractivity contribution is -0.114. The molecule has 0 unspecified atom stereocenters. The van der Waals surface area contributed by atoms with E-state index in [-0.39, 0.29) is 11.7 Å². The number of hydrogen-bond acceptors (Lipinski definition) is 3. The number of phenols is 1. The van der Waals surface area contributed by atoms with Crippen molar-refractivity contribution in [2.24, 2.45) is 0 Å². The van der Waals surface area contributed by atoms with Crippen LogP contribution >= 0.6 is 27.5 Å². The Balaban J connectivity index is 2.04. The maximum absolute atomic E-state index is 11.0. The average molecular weight is 370 g/mol. The van der Waals surface area contributed by atoms with Crippen LogP contribution in [0.15, 0.2) is 40.9 Å². The lowest BCUT2D eigenvalue weighted by atomic mass is 10.2. The Morgan fingerprint density at radius 3 is 2.67 bits per heavy atom. The van der Waals surface area contributed by atoms with E-state index in [0.717, 1.165) is 11.3 Å². The van der Waals surface area contributed by atoms with Crippen molar-refractivity contribution >= 4 is 44.8 Å². The van der Waals surface area contributed by atoms with E-state index in [2.05, 4.69) is 26.6 Å². The van der Waals surface area contributed by atoms with Gasteiger partial charge in [0.25, 0.3) is 0 Å². The normalized spacial score (nSPS) is 10.2. The smallest absolute Gasteiger partial charge is 0.221 e. The Morgan fingerprint density at radius 2 is 2.05 bits per heavy atom. The first-order valence-corrected chi connectivity index (χ1v) is 7.41. The van der Waals surface area contributed by atoms with Gasteiger partial charge in [0.05, 0.1) is 15.2 Å². The van der Waals surface area contributed by atoms with Crippen LogP contribution in [0.4, 0.5) is 11.4 Å². The van der Waals surface area contributed by atoms with Crippen LogP contribution < -0.4 is 10.6 Å². The SMILES string of the molecule is CC(=O)Nc1ccc(NCc2ccc(O)c(Br)c2)cc1Cl. The van der Waals surface area contributed by atoms with Crippen molar-refractivity contribution in [3.8, 4) is 5.75 Å². The Bertz CT molecular complexity index is 677. The molecule has 0 atom stereocenters. The van der Waals surface area contributed by atoms with Crippen LogP contribution in [-0.2, 0) is 11.3 Å².